The first-order chi connectivity index (χ1) is 8.16. The maximum absolute atomic E-state index is 11.9. The van der Waals surface area contributed by atoms with Crippen LogP contribution in [0.5, 0.6) is 0 Å². The van der Waals surface area contributed by atoms with Gasteiger partial charge in [0.1, 0.15) is 0 Å². The van der Waals surface area contributed by atoms with Crippen LogP contribution in [0.2, 0.25) is 0 Å². The van der Waals surface area contributed by atoms with Crippen molar-refractivity contribution in [2.45, 2.75) is 6.92 Å². The molecule has 0 radical (unpaired) electrons. The van der Waals surface area contributed by atoms with Crippen molar-refractivity contribution in [3.63, 3.8) is 0 Å². The van der Waals surface area contributed by atoms with Crippen LogP contribution in [0, 0.1) is 19.3 Å². The number of carbonyl (C=O) groups is 1. The fraction of sp³-hybridized carbons (Fsp3) is 0.308. The predicted molar refractivity (Wildman–Crippen MR) is 77.4 cm³/mol. The number of carbonyl (C=O) groups excluding carboxylic acids is 1. The monoisotopic (exact) mass is 311 g/mol. The Labute approximate surface area is 115 Å². The molecule has 0 aromatic heterocycles. The number of rotatable bonds is 5. The fourth-order valence-corrected chi connectivity index (χ4v) is 2.19. The summed E-state index contributed by atoms with van der Waals surface area (Å²) < 4.78 is 0.951. The van der Waals surface area contributed by atoms with Gasteiger partial charge in [0, 0.05) is 22.3 Å². The van der Waals surface area contributed by atoms with E-state index in [1.807, 2.05) is 25.1 Å². The Morgan fingerprint density at radius 1 is 1.59 bits per heavy atom. The standard InChI is InChI=1S/C13H14BrNOS/c1-3-8-17-9-7-15-13(16)11-5-4-6-12(14)10(11)2/h1,4-6H,7-9H2,2H3,(H,15,16). The smallest absolute Gasteiger partial charge is 0.251 e. The fourth-order valence-electron chi connectivity index (χ4n) is 1.32. The van der Waals surface area contributed by atoms with Crippen molar-refractivity contribution >= 4 is 33.6 Å². The highest BCUT2D eigenvalue weighted by Gasteiger charge is 2.09. The molecule has 1 rings (SSSR count). The van der Waals surface area contributed by atoms with Crippen LogP contribution in [0.4, 0.5) is 0 Å². The van der Waals surface area contributed by atoms with E-state index in [4.69, 9.17) is 6.42 Å². The molecular weight excluding hydrogens is 298 g/mol. The van der Waals surface area contributed by atoms with E-state index in [-0.39, 0.29) is 5.91 Å². The largest absolute Gasteiger partial charge is 0.351 e. The zero-order chi connectivity index (χ0) is 12.7. The maximum Gasteiger partial charge on any atom is 0.251 e. The molecule has 0 spiro atoms. The van der Waals surface area contributed by atoms with Crippen LogP contribution in [0.15, 0.2) is 22.7 Å². The molecule has 0 fully saturated rings. The lowest BCUT2D eigenvalue weighted by atomic mass is 10.1. The molecule has 0 aliphatic carbocycles. The summed E-state index contributed by atoms with van der Waals surface area (Å²) in [5.74, 6) is 4.03. The zero-order valence-corrected chi connectivity index (χ0v) is 12.0. The highest BCUT2D eigenvalue weighted by Crippen LogP contribution is 2.19. The highest BCUT2D eigenvalue weighted by atomic mass is 79.9. The molecule has 1 N–H and O–H groups in total. The molecule has 0 saturated carbocycles. The molecule has 0 heterocycles. The Balaban J connectivity index is 2.48. The summed E-state index contributed by atoms with van der Waals surface area (Å²) in [5.41, 5.74) is 1.67. The second kappa shape index (κ2) is 7.41. The minimum atomic E-state index is -0.0369. The van der Waals surface area contributed by atoms with E-state index in [1.165, 1.54) is 0 Å². The van der Waals surface area contributed by atoms with Crippen molar-refractivity contribution in [2.24, 2.45) is 0 Å². The molecule has 1 aromatic carbocycles. The molecule has 2 nitrogen and oxygen atoms in total. The lowest BCUT2D eigenvalue weighted by Gasteiger charge is -2.08. The average Bonchev–Trinajstić information content (AvgIpc) is 2.32. The third-order valence-corrected chi connectivity index (χ3v) is 3.95. The van der Waals surface area contributed by atoms with Gasteiger partial charge in [-0.15, -0.1) is 18.2 Å². The Morgan fingerprint density at radius 2 is 2.35 bits per heavy atom. The molecule has 0 saturated heterocycles. The van der Waals surface area contributed by atoms with E-state index in [0.717, 1.165) is 15.8 Å². The second-order valence-corrected chi connectivity index (χ2v) is 5.38. The first kappa shape index (κ1) is 14.1. The Hall–Kier alpha value is -0.920. The number of amides is 1. The van der Waals surface area contributed by atoms with E-state index >= 15 is 0 Å². The molecule has 4 heteroatoms. The minimum absolute atomic E-state index is 0.0369. The van der Waals surface area contributed by atoms with Crippen LogP contribution in [0.1, 0.15) is 15.9 Å². The zero-order valence-electron chi connectivity index (χ0n) is 9.63. The summed E-state index contributed by atoms with van der Waals surface area (Å²) in [7, 11) is 0. The van der Waals surface area contributed by atoms with Gasteiger partial charge in [-0.1, -0.05) is 27.9 Å². The van der Waals surface area contributed by atoms with Gasteiger partial charge in [-0.25, -0.2) is 0 Å². The van der Waals surface area contributed by atoms with Crippen LogP contribution in [0.3, 0.4) is 0 Å². The van der Waals surface area contributed by atoms with Gasteiger partial charge in [-0.2, -0.15) is 0 Å². The van der Waals surface area contributed by atoms with Gasteiger partial charge >= 0.3 is 0 Å². The van der Waals surface area contributed by atoms with Gasteiger partial charge in [-0.05, 0) is 24.6 Å². The Kier molecular flexibility index (Phi) is 6.17. The predicted octanol–water partition coefficient (Wildman–Crippen LogP) is 2.85. The van der Waals surface area contributed by atoms with Gasteiger partial charge in [0.2, 0.25) is 0 Å². The minimum Gasteiger partial charge on any atom is -0.351 e. The van der Waals surface area contributed by atoms with Gasteiger partial charge in [0.15, 0.2) is 0 Å². The number of halogens is 1. The summed E-state index contributed by atoms with van der Waals surface area (Å²) in [6.45, 7) is 2.56. The summed E-state index contributed by atoms with van der Waals surface area (Å²) in [5, 5.41) is 2.88. The molecule has 90 valence electrons. The molecule has 0 atom stereocenters. The van der Waals surface area contributed by atoms with Crippen molar-refractivity contribution in [1.29, 1.82) is 0 Å². The molecule has 0 unspecified atom stereocenters. The second-order valence-electron chi connectivity index (χ2n) is 3.43. The first-order valence-corrected chi connectivity index (χ1v) is 7.16. The lowest BCUT2D eigenvalue weighted by molar-refractivity contribution is 0.0955. The van der Waals surface area contributed by atoms with E-state index in [1.54, 1.807) is 11.8 Å². The number of hydrogen-bond donors (Lipinski definition) is 1. The molecule has 1 aromatic rings. The van der Waals surface area contributed by atoms with Crippen LogP contribution >= 0.6 is 27.7 Å². The average molecular weight is 312 g/mol. The molecule has 1 amide bonds. The molecular formula is C13H14BrNOS. The Bertz CT molecular complexity index is 440. The van der Waals surface area contributed by atoms with Gasteiger partial charge in [-0.3, -0.25) is 4.79 Å². The lowest BCUT2D eigenvalue weighted by Crippen LogP contribution is -2.26. The number of benzene rings is 1. The van der Waals surface area contributed by atoms with Crippen LogP contribution in [0.25, 0.3) is 0 Å². The maximum atomic E-state index is 11.9. The van der Waals surface area contributed by atoms with E-state index in [2.05, 4.69) is 27.2 Å². The van der Waals surface area contributed by atoms with Crippen molar-refractivity contribution in [3.05, 3.63) is 33.8 Å². The molecule has 0 bridgehead atoms. The van der Waals surface area contributed by atoms with Crippen LogP contribution < -0.4 is 5.32 Å². The summed E-state index contributed by atoms with van der Waals surface area (Å²) in [6.07, 6.45) is 5.13. The van der Waals surface area contributed by atoms with E-state index < -0.39 is 0 Å². The van der Waals surface area contributed by atoms with Gasteiger partial charge in [0.25, 0.3) is 5.91 Å². The number of hydrogen-bond acceptors (Lipinski definition) is 2. The SMILES string of the molecule is C#CCSCCNC(=O)c1cccc(Br)c1C. The third-order valence-electron chi connectivity index (χ3n) is 2.23. The van der Waals surface area contributed by atoms with E-state index in [9.17, 15) is 4.79 Å². The normalized spacial score (nSPS) is 9.71. The quantitative estimate of drug-likeness (QED) is 0.669. The number of terminal acetylenes is 1. The number of nitrogens with one attached hydrogen (secondary N) is 1. The topological polar surface area (TPSA) is 29.1 Å². The third kappa shape index (κ3) is 4.45. The van der Waals surface area contributed by atoms with Crippen LogP contribution in [-0.2, 0) is 0 Å². The van der Waals surface area contributed by atoms with Crippen molar-refractivity contribution in [1.82, 2.24) is 5.32 Å². The van der Waals surface area contributed by atoms with Crippen LogP contribution in [-0.4, -0.2) is 24.0 Å². The van der Waals surface area contributed by atoms with Crippen molar-refractivity contribution < 1.29 is 4.79 Å². The van der Waals surface area contributed by atoms with Gasteiger partial charge < -0.3 is 5.32 Å². The van der Waals surface area contributed by atoms with Gasteiger partial charge in [0.05, 0.1) is 5.75 Å². The molecule has 17 heavy (non-hydrogen) atoms. The van der Waals surface area contributed by atoms with E-state index in [0.29, 0.717) is 17.9 Å². The Morgan fingerprint density at radius 3 is 3.06 bits per heavy atom. The summed E-state index contributed by atoms with van der Waals surface area (Å²) in [6, 6.07) is 5.61. The summed E-state index contributed by atoms with van der Waals surface area (Å²) >= 11 is 5.05. The van der Waals surface area contributed by atoms with Crippen molar-refractivity contribution in [2.75, 3.05) is 18.1 Å². The first-order valence-electron chi connectivity index (χ1n) is 5.21. The molecule has 0 aliphatic heterocycles. The molecule has 0 aliphatic rings. The highest BCUT2D eigenvalue weighted by molar-refractivity contribution is 9.10. The van der Waals surface area contributed by atoms with Crippen molar-refractivity contribution in [3.8, 4) is 12.3 Å². The number of thioether (sulfide) groups is 1. The summed E-state index contributed by atoms with van der Waals surface area (Å²) in [4.78, 5) is 11.9.